The number of nitrogens with two attached hydrogens (primary N) is 1. The third kappa shape index (κ3) is 2.78. The molecule has 0 aliphatic heterocycles. The van der Waals surface area contributed by atoms with E-state index >= 15 is 0 Å². The van der Waals surface area contributed by atoms with Crippen LogP contribution in [0.4, 0.5) is 5.82 Å². The summed E-state index contributed by atoms with van der Waals surface area (Å²) in [6, 6.07) is 15.4. The van der Waals surface area contributed by atoms with Crippen LogP contribution in [0.5, 0.6) is 0 Å². The predicted octanol–water partition coefficient (Wildman–Crippen LogP) is 4.35. The van der Waals surface area contributed by atoms with E-state index in [9.17, 15) is 0 Å². The van der Waals surface area contributed by atoms with Crippen molar-refractivity contribution in [2.45, 2.75) is 19.4 Å². The second kappa shape index (κ2) is 6.74. The molecule has 1 aliphatic carbocycles. The molecule has 0 saturated heterocycles. The monoisotopic (exact) mass is 410 g/mol. The fourth-order valence-corrected chi connectivity index (χ4v) is 4.91. The zero-order valence-electron chi connectivity index (χ0n) is 16.1. The first kappa shape index (κ1) is 17.3. The highest BCUT2D eigenvalue weighted by molar-refractivity contribution is 7.09. The van der Waals surface area contributed by atoms with Crippen LogP contribution >= 0.6 is 11.3 Å². The summed E-state index contributed by atoms with van der Waals surface area (Å²) in [5.74, 6) is 0.459. The van der Waals surface area contributed by atoms with Crippen LogP contribution in [0.2, 0.25) is 0 Å². The average molecular weight is 411 g/mol. The van der Waals surface area contributed by atoms with Crippen molar-refractivity contribution in [1.82, 2.24) is 24.7 Å². The Morgan fingerprint density at radius 2 is 1.93 bits per heavy atom. The maximum Gasteiger partial charge on any atom is 0.163 e. The third-order valence-corrected chi connectivity index (χ3v) is 6.56. The fourth-order valence-electron chi connectivity index (χ4n) is 4.12. The number of benzene rings is 2. The molecule has 30 heavy (non-hydrogen) atoms. The van der Waals surface area contributed by atoms with Gasteiger partial charge in [-0.25, -0.2) is 19.6 Å². The van der Waals surface area contributed by atoms with Gasteiger partial charge in [-0.2, -0.15) is 5.10 Å². The molecule has 0 bridgehead atoms. The number of hydrogen-bond acceptors (Lipinski definition) is 6. The normalized spacial score (nSPS) is 12.3. The van der Waals surface area contributed by atoms with Gasteiger partial charge in [-0.15, -0.1) is 11.3 Å². The number of aromatic nitrogens is 5. The number of nitrogen functional groups attached to an aromatic ring is 1. The predicted molar refractivity (Wildman–Crippen MR) is 119 cm³/mol. The second-order valence-electron chi connectivity index (χ2n) is 7.45. The lowest BCUT2D eigenvalue weighted by Gasteiger charge is -2.04. The lowest BCUT2D eigenvalue weighted by Crippen LogP contribution is -2.04. The van der Waals surface area contributed by atoms with E-state index < -0.39 is 0 Å². The Labute approximate surface area is 177 Å². The molecule has 0 fully saturated rings. The Bertz CT molecular complexity index is 1400. The number of nitrogens with zero attached hydrogens (tertiary/aromatic N) is 5. The molecule has 3 aromatic heterocycles. The van der Waals surface area contributed by atoms with Gasteiger partial charge in [0.15, 0.2) is 5.65 Å². The highest BCUT2D eigenvalue weighted by Crippen LogP contribution is 2.38. The summed E-state index contributed by atoms with van der Waals surface area (Å²) in [5, 5.41) is 8.41. The first-order valence-electron chi connectivity index (χ1n) is 9.84. The number of anilines is 1. The quantitative estimate of drug-likeness (QED) is 0.467. The summed E-state index contributed by atoms with van der Waals surface area (Å²) in [5.41, 5.74) is 14.3. The molecule has 0 unspecified atom stereocenters. The summed E-state index contributed by atoms with van der Waals surface area (Å²) >= 11 is 1.68. The van der Waals surface area contributed by atoms with Crippen LogP contribution in [0.15, 0.2) is 60.4 Å². The van der Waals surface area contributed by atoms with Gasteiger partial charge in [-0.05, 0) is 34.7 Å². The van der Waals surface area contributed by atoms with Gasteiger partial charge in [-0.1, -0.05) is 36.4 Å². The molecule has 3 heterocycles. The van der Waals surface area contributed by atoms with E-state index in [2.05, 4.69) is 62.9 Å². The number of rotatable bonds is 4. The molecule has 146 valence electrons. The standard InChI is InChI=1S/C23H18N6S/c24-22-19-11-27-29(23(19)26-13-25-22)8-7-21-28-20(12-30-21)16-6-5-15-9-14-3-1-2-4-17(14)18(15)10-16/h1-6,10-13H,7-9H2,(H2,24,25,26). The van der Waals surface area contributed by atoms with Crippen molar-refractivity contribution in [2.75, 3.05) is 5.73 Å². The summed E-state index contributed by atoms with van der Waals surface area (Å²) in [6.07, 6.45) is 5.00. The van der Waals surface area contributed by atoms with E-state index in [1.807, 2.05) is 4.68 Å². The Morgan fingerprint density at radius 1 is 1.03 bits per heavy atom. The maximum absolute atomic E-state index is 5.90. The molecule has 2 N–H and O–H groups in total. The van der Waals surface area contributed by atoms with Gasteiger partial charge in [0.25, 0.3) is 0 Å². The van der Waals surface area contributed by atoms with Crippen LogP contribution in [0, 0.1) is 0 Å². The largest absolute Gasteiger partial charge is 0.383 e. The molecule has 5 aromatic rings. The topological polar surface area (TPSA) is 82.5 Å². The molecule has 1 aliphatic rings. The highest BCUT2D eigenvalue weighted by Gasteiger charge is 2.19. The first-order chi connectivity index (χ1) is 14.8. The average Bonchev–Trinajstić information content (AvgIpc) is 3.49. The second-order valence-corrected chi connectivity index (χ2v) is 8.39. The number of hydrogen-bond donors (Lipinski definition) is 1. The highest BCUT2D eigenvalue weighted by atomic mass is 32.1. The summed E-state index contributed by atoms with van der Waals surface area (Å²) in [4.78, 5) is 13.2. The SMILES string of the molecule is Nc1ncnc2c1cnn2CCc1nc(-c2ccc3c(c2)-c2ccccc2C3)cs1. The number of aryl methyl sites for hydroxylation is 2. The van der Waals surface area contributed by atoms with Gasteiger partial charge < -0.3 is 5.73 Å². The minimum atomic E-state index is 0.459. The zero-order chi connectivity index (χ0) is 20.1. The van der Waals surface area contributed by atoms with Gasteiger partial charge in [0.1, 0.15) is 12.1 Å². The van der Waals surface area contributed by atoms with Crippen LogP contribution in [0.25, 0.3) is 33.4 Å². The number of thiazole rings is 1. The number of fused-ring (bicyclic) bond motifs is 4. The lowest BCUT2D eigenvalue weighted by molar-refractivity contribution is 0.628. The lowest BCUT2D eigenvalue weighted by atomic mass is 10.0. The molecular formula is C23H18N6S. The fraction of sp³-hybridized carbons (Fsp3) is 0.130. The van der Waals surface area contributed by atoms with Crippen molar-refractivity contribution in [1.29, 1.82) is 0 Å². The van der Waals surface area contributed by atoms with Crippen molar-refractivity contribution >= 4 is 28.2 Å². The zero-order valence-corrected chi connectivity index (χ0v) is 16.9. The Kier molecular flexibility index (Phi) is 3.89. The van der Waals surface area contributed by atoms with E-state index in [1.165, 1.54) is 28.6 Å². The van der Waals surface area contributed by atoms with E-state index in [-0.39, 0.29) is 0 Å². The summed E-state index contributed by atoms with van der Waals surface area (Å²) in [6.45, 7) is 0.699. The third-order valence-electron chi connectivity index (χ3n) is 5.65. The van der Waals surface area contributed by atoms with Crippen molar-refractivity contribution in [3.8, 4) is 22.4 Å². The van der Waals surface area contributed by atoms with Gasteiger partial charge in [0, 0.05) is 23.9 Å². The van der Waals surface area contributed by atoms with Crippen LogP contribution in [0.1, 0.15) is 16.1 Å². The van der Waals surface area contributed by atoms with Crippen molar-refractivity contribution in [3.63, 3.8) is 0 Å². The Balaban J connectivity index is 1.25. The van der Waals surface area contributed by atoms with E-state index in [0.717, 1.165) is 40.1 Å². The minimum Gasteiger partial charge on any atom is -0.383 e. The van der Waals surface area contributed by atoms with Crippen LogP contribution in [-0.4, -0.2) is 24.7 Å². The smallest absolute Gasteiger partial charge is 0.163 e. The van der Waals surface area contributed by atoms with Gasteiger partial charge >= 0.3 is 0 Å². The molecule has 0 radical (unpaired) electrons. The summed E-state index contributed by atoms with van der Waals surface area (Å²) in [7, 11) is 0. The van der Waals surface area contributed by atoms with Crippen molar-refractivity contribution < 1.29 is 0 Å². The van der Waals surface area contributed by atoms with Crippen LogP contribution in [-0.2, 0) is 19.4 Å². The minimum absolute atomic E-state index is 0.459. The van der Waals surface area contributed by atoms with E-state index in [1.54, 1.807) is 17.5 Å². The molecule has 0 amide bonds. The van der Waals surface area contributed by atoms with Crippen LogP contribution < -0.4 is 5.73 Å². The molecule has 0 saturated carbocycles. The molecule has 6 nitrogen and oxygen atoms in total. The van der Waals surface area contributed by atoms with E-state index in [4.69, 9.17) is 10.7 Å². The molecular weight excluding hydrogens is 392 g/mol. The molecule has 0 atom stereocenters. The molecule has 2 aromatic carbocycles. The van der Waals surface area contributed by atoms with Crippen LogP contribution in [0.3, 0.4) is 0 Å². The first-order valence-corrected chi connectivity index (χ1v) is 10.7. The molecule has 6 rings (SSSR count). The molecule has 7 heteroatoms. The van der Waals surface area contributed by atoms with E-state index in [0.29, 0.717) is 12.4 Å². The summed E-state index contributed by atoms with van der Waals surface area (Å²) < 4.78 is 1.86. The van der Waals surface area contributed by atoms with Gasteiger partial charge in [0.05, 0.1) is 22.3 Å². The Hall–Kier alpha value is -3.58. The van der Waals surface area contributed by atoms with Gasteiger partial charge in [0.2, 0.25) is 0 Å². The van der Waals surface area contributed by atoms with Crippen molar-refractivity contribution in [2.24, 2.45) is 0 Å². The maximum atomic E-state index is 5.90. The van der Waals surface area contributed by atoms with Crippen molar-refractivity contribution in [3.05, 3.63) is 76.5 Å². The molecule has 0 spiro atoms. The van der Waals surface area contributed by atoms with Gasteiger partial charge in [-0.3, -0.25) is 0 Å². The Morgan fingerprint density at radius 3 is 2.90 bits per heavy atom.